The van der Waals surface area contributed by atoms with Gasteiger partial charge in [0.15, 0.2) is 12.2 Å². The molecule has 0 bridgehead atoms. The van der Waals surface area contributed by atoms with Gasteiger partial charge in [-0.05, 0) is 69.1 Å². The lowest BCUT2D eigenvalue weighted by Gasteiger charge is -2.21. The molecule has 17 nitrogen and oxygen atoms in total. The molecule has 0 radical (unpaired) electrons. The van der Waals surface area contributed by atoms with Crippen molar-refractivity contribution in [1.29, 1.82) is 0 Å². The predicted molar refractivity (Wildman–Crippen MR) is 377 cm³/mol. The van der Waals surface area contributed by atoms with Crippen LogP contribution in [0.15, 0.2) is 24.3 Å². The molecule has 0 aromatic carbocycles. The van der Waals surface area contributed by atoms with Crippen molar-refractivity contribution in [2.75, 3.05) is 39.6 Å². The Bertz CT molecular complexity index is 1910. The fourth-order valence-electron chi connectivity index (χ4n) is 10.7. The second-order valence-electron chi connectivity index (χ2n) is 27.4. The highest BCUT2D eigenvalue weighted by Gasteiger charge is 2.30. The molecule has 3 N–H and O–H groups in total. The van der Waals surface area contributed by atoms with Crippen LogP contribution in [0.25, 0.3) is 0 Å². The van der Waals surface area contributed by atoms with Gasteiger partial charge in [-0.15, -0.1) is 0 Å². The second-order valence-corrected chi connectivity index (χ2v) is 30.3. The first-order valence-corrected chi connectivity index (χ1v) is 40.7. The Hall–Kier alpha value is -2.46. The zero-order valence-corrected chi connectivity index (χ0v) is 62.0. The van der Waals surface area contributed by atoms with E-state index >= 15 is 0 Å². The number of phosphoric ester groups is 2. The molecule has 0 saturated heterocycles. The molecule has 0 aliphatic rings. The third kappa shape index (κ3) is 67.9. The molecule has 0 aromatic rings. The summed E-state index contributed by atoms with van der Waals surface area (Å²) in [6.07, 6.45) is 52.3. The van der Waals surface area contributed by atoms with Crippen molar-refractivity contribution < 1.29 is 80.2 Å². The van der Waals surface area contributed by atoms with Crippen molar-refractivity contribution in [2.45, 2.75) is 369 Å². The third-order valence-electron chi connectivity index (χ3n) is 16.5. The summed E-state index contributed by atoms with van der Waals surface area (Å²) in [5.41, 5.74) is 0. The van der Waals surface area contributed by atoms with E-state index in [4.69, 9.17) is 37.0 Å². The number of rotatable bonds is 70. The van der Waals surface area contributed by atoms with Crippen LogP contribution in [0.5, 0.6) is 0 Å². The summed E-state index contributed by atoms with van der Waals surface area (Å²) >= 11 is 0. The molecule has 5 atom stereocenters. The minimum Gasteiger partial charge on any atom is -0.462 e. The number of aliphatic hydroxyl groups is 1. The Balaban J connectivity index is 5.28. The number of hydrogen-bond acceptors (Lipinski definition) is 15. The van der Waals surface area contributed by atoms with Crippen LogP contribution in [-0.4, -0.2) is 96.7 Å². The van der Waals surface area contributed by atoms with Gasteiger partial charge in [-0.2, -0.15) is 0 Å². The van der Waals surface area contributed by atoms with Gasteiger partial charge < -0.3 is 33.8 Å². The standard InChI is InChI=1S/C74H140O17P2/c1-8-9-10-11-12-13-14-15-16-20-23-26-34-41-48-55-71(76)84-61-69(90-73(78)57-50-43-35-27-24-21-18-17-19-22-25-31-38-45-52-65(2)3)63-88-92(80,81)86-59-68(75)60-87-93(82,83)89-64-70(62-85-72(77)56-49-42-37-30-33-40-47-54-67(6)7)91-74(79)58-51-44-36-29-28-32-39-46-53-66(4)5/h13-16,65-70,75H,8-12,17-64H2,1-7H3,(H,80,81)(H,82,83)/b14-13-,16-15-/t68?,69-,70-/m1/s1. The Labute approximate surface area is 567 Å². The minimum atomic E-state index is -4.96. The molecule has 93 heavy (non-hydrogen) atoms. The molecule has 0 aromatic heterocycles. The van der Waals surface area contributed by atoms with Crippen LogP contribution >= 0.6 is 15.6 Å². The summed E-state index contributed by atoms with van der Waals surface area (Å²) in [5.74, 6) is 0.0592. The van der Waals surface area contributed by atoms with E-state index in [9.17, 15) is 43.2 Å². The quantitative estimate of drug-likeness (QED) is 0.0169. The number of carbonyl (C=O) groups excluding carboxylic acids is 4. The molecule has 0 spiro atoms. The number of ether oxygens (including phenoxy) is 4. The minimum absolute atomic E-state index is 0.100. The maximum atomic E-state index is 13.1. The van der Waals surface area contributed by atoms with E-state index < -0.39 is 97.5 Å². The van der Waals surface area contributed by atoms with Gasteiger partial charge in [0, 0.05) is 25.7 Å². The van der Waals surface area contributed by atoms with Gasteiger partial charge in [0.1, 0.15) is 19.3 Å². The Morgan fingerprint density at radius 1 is 0.333 bits per heavy atom. The molecule has 0 aliphatic heterocycles. The summed E-state index contributed by atoms with van der Waals surface area (Å²) < 4.78 is 68.4. The van der Waals surface area contributed by atoms with Gasteiger partial charge in [-0.1, -0.05) is 297 Å². The molecule has 19 heteroatoms. The lowest BCUT2D eigenvalue weighted by Crippen LogP contribution is -2.30. The average Bonchev–Trinajstić information content (AvgIpc) is 3.29. The van der Waals surface area contributed by atoms with E-state index in [1.165, 1.54) is 135 Å². The lowest BCUT2D eigenvalue weighted by molar-refractivity contribution is -0.161. The number of carbonyl (C=O) groups is 4. The zero-order valence-electron chi connectivity index (χ0n) is 60.2. The second kappa shape index (κ2) is 64.2. The molecule has 0 heterocycles. The van der Waals surface area contributed by atoms with E-state index in [0.29, 0.717) is 37.5 Å². The van der Waals surface area contributed by atoms with Crippen molar-refractivity contribution in [3.63, 3.8) is 0 Å². The maximum Gasteiger partial charge on any atom is 0.472 e. The maximum absolute atomic E-state index is 13.1. The SMILES string of the molecule is CCCCCC/C=C\C=C/CCCCCCCC(=O)OC[C@H](COP(=O)(O)OCC(O)COP(=O)(O)OC[C@@H](COC(=O)CCCCCCCCCC(C)C)OC(=O)CCCCCCCCCCC(C)C)OC(=O)CCCCCCCCCCCCCCCCC(C)C. The largest absolute Gasteiger partial charge is 0.472 e. The number of allylic oxidation sites excluding steroid dienone is 4. The molecular formula is C74H140O17P2. The smallest absolute Gasteiger partial charge is 0.462 e. The third-order valence-corrected chi connectivity index (χ3v) is 18.4. The van der Waals surface area contributed by atoms with E-state index in [-0.39, 0.29) is 25.7 Å². The van der Waals surface area contributed by atoms with Crippen LogP contribution in [0.1, 0.15) is 350 Å². The van der Waals surface area contributed by atoms with Crippen LogP contribution < -0.4 is 0 Å². The molecular weight excluding hydrogens is 1220 g/mol. The average molecular weight is 1360 g/mol. The highest BCUT2D eigenvalue weighted by molar-refractivity contribution is 7.47. The summed E-state index contributed by atoms with van der Waals surface area (Å²) in [5, 5.41) is 10.6. The number of hydrogen-bond donors (Lipinski definition) is 3. The van der Waals surface area contributed by atoms with Crippen molar-refractivity contribution in [3.05, 3.63) is 24.3 Å². The monoisotopic (exact) mass is 1360 g/mol. The normalized spacial score (nSPS) is 14.3. The Kier molecular flexibility index (Phi) is 62.5. The van der Waals surface area contributed by atoms with E-state index in [1.807, 2.05) is 0 Å². The number of unbranched alkanes of at least 4 members (excludes halogenated alkanes) is 35. The van der Waals surface area contributed by atoms with Crippen LogP contribution in [0, 0.1) is 17.8 Å². The predicted octanol–water partition coefficient (Wildman–Crippen LogP) is 21.0. The van der Waals surface area contributed by atoms with Crippen LogP contribution in [0.3, 0.4) is 0 Å². The summed E-state index contributed by atoms with van der Waals surface area (Å²) in [4.78, 5) is 72.7. The number of phosphoric acid groups is 2. The van der Waals surface area contributed by atoms with Crippen molar-refractivity contribution in [2.24, 2.45) is 17.8 Å². The van der Waals surface area contributed by atoms with Crippen LogP contribution in [0.2, 0.25) is 0 Å². The first kappa shape index (κ1) is 90.5. The number of aliphatic hydroxyl groups excluding tert-OH is 1. The van der Waals surface area contributed by atoms with Crippen LogP contribution in [0.4, 0.5) is 0 Å². The topological polar surface area (TPSA) is 237 Å². The summed E-state index contributed by atoms with van der Waals surface area (Å²) in [6, 6.07) is 0. The van der Waals surface area contributed by atoms with Crippen molar-refractivity contribution in [1.82, 2.24) is 0 Å². The first-order valence-electron chi connectivity index (χ1n) is 37.7. The fraction of sp³-hybridized carbons (Fsp3) is 0.892. The van der Waals surface area contributed by atoms with E-state index in [0.717, 1.165) is 121 Å². The van der Waals surface area contributed by atoms with E-state index in [2.05, 4.69) is 72.8 Å². The highest BCUT2D eigenvalue weighted by atomic mass is 31.2. The van der Waals surface area contributed by atoms with Gasteiger partial charge in [0.2, 0.25) is 0 Å². The summed E-state index contributed by atoms with van der Waals surface area (Å²) in [7, 11) is -9.92. The van der Waals surface area contributed by atoms with Gasteiger partial charge in [-0.25, -0.2) is 9.13 Å². The molecule has 0 fully saturated rings. The first-order chi connectivity index (χ1) is 44.7. The van der Waals surface area contributed by atoms with Gasteiger partial charge >= 0.3 is 39.5 Å². The highest BCUT2D eigenvalue weighted by Crippen LogP contribution is 2.45. The molecule has 548 valence electrons. The molecule has 0 rings (SSSR count). The van der Waals surface area contributed by atoms with Crippen LogP contribution in [-0.2, 0) is 65.4 Å². The van der Waals surface area contributed by atoms with E-state index in [1.54, 1.807) is 0 Å². The zero-order chi connectivity index (χ0) is 68.7. The Morgan fingerprint density at radius 2 is 0.581 bits per heavy atom. The molecule has 0 aliphatic carbocycles. The molecule has 0 saturated carbocycles. The Morgan fingerprint density at radius 3 is 0.871 bits per heavy atom. The molecule has 3 unspecified atom stereocenters. The fourth-order valence-corrected chi connectivity index (χ4v) is 12.3. The van der Waals surface area contributed by atoms with Gasteiger partial charge in [0.25, 0.3) is 0 Å². The summed E-state index contributed by atoms with van der Waals surface area (Å²) in [6.45, 7) is 11.7. The number of esters is 4. The lowest BCUT2D eigenvalue weighted by atomic mass is 10.0. The van der Waals surface area contributed by atoms with Gasteiger partial charge in [-0.3, -0.25) is 37.3 Å². The van der Waals surface area contributed by atoms with Crippen molar-refractivity contribution in [3.8, 4) is 0 Å². The molecule has 0 amide bonds. The van der Waals surface area contributed by atoms with Gasteiger partial charge in [0.05, 0.1) is 26.4 Å². The van der Waals surface area contributed by atoms with Crippen molar-refractivity contribution >= 4 is 39.5 Å².